The van der Waals surface area contributed by atoms with Crippen molar-refractivity contribution in [1.82, 2.24) is 0 Å². The van der Waals surface area contributed by atoms with E-state index in [1.165, 1.54) is 0 Å². The van der Waals surface area contributed by atoms with E-state index in [0.29, 0.717) is 12.1 Å². The third kappa shape index (κ3) is 2.90. The van der Waals surface area contributed by atoms with Gasteiger partial charge in [-0.05, 0) is 37.9 Å². The molecule has 0 saturated carbocycles. The van der Waals surface area contributed by atoms with Crippen molar-refractivity contribution < 1.29 is 4.92 Å². The van der Waals surface area contributed by atoms with E-state index in [1.807, 2.05) is 26.0 Å². The summed E-state index contributed by atoms with van der Waals surface area (Å²) in [5.74, 6) is 0. The van der Waals surface area contributed by atoms with E-state index < -0.39 is 0 Å². The Morgan fingerprint density at radius 3 is 2.69 bits per heavy atom. The second-order valence-corrected chi connectivity index (χ2v) is 3.75. The van der Waals surface area contributed by atoms with E-state index in [0.717, 1.165) is 17.5 Å². The zero-order chi connectivity index (χ0) is 12.1. The van der Waals surface area contributed by atoms with Crippen molar-refractivity contribution in [1.29, 1.82) is 0 Å². The highest BCUT2D eigenvalue weighted by Gasteiger charge is 2.14. The smallest absolute Gasteiger partial charge is 0.277 e. The number of nitro benzene ring substituents is 1. The van der Waals surface area contributed by atoms with Gasteiger partial charge in [-0.1, -0.05) is 18.2 Å². The monoisotopic (exact) mass is 220 g/mol. The maximum absolute atomic E-state index is 10.9. The molecule has 0 spiro atoms. The Morgan fingerprint density at radius 1 is 1.44 bits per heavy atom. The highest BCUT2D eigenvalue weighted by Crippen LogP contribution is 2.25. The van der Waals surface area contributed by atoms with Crippen LogP contribution >= 0.6 is 0 Å². The minimum Gasteiger partial charge on any atom is -0.330 e. The van der Waals surface area contributed by atoms with Gasteiger partial charge in [0, 0.05) is 6.07 Å². The van der Waals surface area contributed by atoms with Gasteiger partial charge in [0.2, 0.25) is 0 Å². The van der Waals surface area contributed by atoms with Gasteiger partial charge in [-0.2, -0.15) is 0 Å². The Kier molecular flexibility index (Phi) is 4.19. The number of rotatable bonds is 4. The summed E-state index contributed by atoms with van der Waals surface area (Å²) in [6.07, 6.45) is 4.37. The molecule has 1 aromatic carbocycles. The first kappa shape index (κ1) is 12.4. The second-order valence-electron chi connectivity index (χ2n) is 3.75. The number of hydrogen-bond donors (Lipinski definition) is 1. The summed E-state index contributed by atoms with van der Waals surface area (Å²) >= 11 is 0. The average molecular weight is 220 g/mol. The van der Waals surface area contributed by atoms with Crippen LogP contribution in [0.15, 0.2) is 18.2 Å². The van der Waals surface area contributed by atoms with Crippen molar-refractivity contribution in [3.8, 4) is 0 Å². The zero-order valence-electron chi connectivity index (χ0n) is 9.56. The Balaban J connectivity index is 3.19. The topological polar surface area (TPSA) is 69.2 Å². The summed E-state index contributed by atoms with van der Waals surface area (Å²) in [6.45, 7) is 4.28. The molecule has 1 aromatic rings. The largest absolute Gasteiger partial charge is 0.330 e. The lowest BCUT2D eigenvalue weighted by Gasteiger charge is -2.04. The van der Waals surface area contributed by atoms with Crippen LogP contribution in [0.2, 0.25) is 0 Å². The van der Waals surface area contributed by atoms with Crippen LogP contribution in [-0.4, -0.2) is 11.5 Å². The molecule has 0 atom stereocenters. The fraction of sp³-hybridized carbons (Fsp3) is 0.333. The van der Waals surface area contributed by atoms with Gasteiger partial charge in [0.15, 0.2) is 0 Å². The van der Waals surface area contributed by atoms with Crippen molar-refractivity contribution >= 4 is 11.8 Å². The van der Waals surface area contributed by atoms with Crippen LogP contribution in [0.25, 0.3) is 6.08 Å². The minimum absolute atomic E-state index is 0.158. The fourth-order valence-electron chi connectivity index (χ4n) is 1.62. The molecule has 0 aromatic heterocycles. The molecule has 0 aliphatic rings. The van der Waals surface area contributed by atoms with E-state index in [2.05, 4.69) is 0 Å². The first-order valence-electron chi connectivity index (χ1n) is 5.18. The van der Waals surface area contributed by atoms with Crippen molar-refractivity contribution in [2.75, 3.05) is 6.54 Å². The third-order valence-corrected chi connectivity index (χ3v) is 2.32. The van der Waals surface area contributed by atoms with Crippen LogP contribution in [0.5, 0.6) is 0 Å². The van der Waals surface area contributed by atoms with Crippen LogP contribution in [-0.2, 0) is 0 Å². The lowest BCUT2D eigenvalue weighted by Crippen LogP contribution is -1.97. The maximum atomic E-state index is 10.9. The third-order valence-electron chi connectivity index (χ3n) is 2.32. The molecular formula is C12H16N2O2. The molecule has 0 radical (unpaired) electrons. The predicted octanol–water partition coefficient (Wildman–Crippen LogP) is 2.57. The van der Waals surface area contributed by atoms with Crippen molar-refractivity contribution in [2.45, 2.75) is 20.3 Å². The molecular weight excluding hydrogens is 204 g/mol. The minimum atomic E-state index is -0.345. The molecule has 0 aliphatic carbocycles. The van der Waals surface area contributed by atoms with Crippen molar-refractivity contribution in [3.63, 3.8) is 0 Å². The normalized spacial score (nSPS) is 10.9. The molecule has 2 N–H and O–H groups in total. The van der Waals surface area contributed by atoms with Gasteiger partial charge < -0.3 is 5.73 Å². The fourth-order valence-corrected chi connectivity index (χ4v) is 1.62. The van der Waals surface area contributed by atoms with E-state index in [1.54, 1.807) is 12.1 Å². The molecule has 0 amide bonds. The van der Waals surface area contributed by atoms with Crippen molar-refractivity contribution in [3.05, 3.63) is 45.0 Å². The molecule has 16 heavy (non-hydrogen) atoms. The first-order chi connectivity index (χ1) is 7.56. The van der Waals surface area contributed by atoms with Crippen molar-refractivity contribution in [2.24, 2.45) is 5.73 Å². The quantitative estimate of drug-likeness (QED) is 0.626. The van der Waals surface area contributed by atoms with Crippen LogP contribution in [0.1, 0.15) is 23.1 Å². The summed E-state index contributed by atoms with van der Waals surface area (Å²) in [6, 6.07) is 3.53. The van der Waals surface area contributed by atoms with Crippen LogP contribution in [0.3, 0.4) is 0 Å². The molecule has 0 unspecified atom stereocenters. The Hall–Kier alpha value is -1.68. The maximum Gasteiger partial charge on any atom is 0.277 e. The van der Waals surface area contributed by atoms with Crippen LogP contribution < -0.4 is 5.73 Å². The predicted molar refractivity (Wildman–Crippen MR) is 65.3 cm³/mol. The first-order valence-corrected chi connectivity index (χ1v) is 5.18. The summed E-state index contributed by atoms with van der Waals surface area (Å²) in [5, 5.41) is 10.9. The van der Waals surface area contributed by atoms with E-state index in [-0.39, 0.29) is 10.6 Å². The van der Waals surface area contributed by atoms with Gasteiger partial charge in [-0.3, -0.25) is 10.1 Å². The SMILES string of the molecule is Cc1cc(C)c(C=CCCN)c([N+](=O)[O-])c1. The van der Waals surface area contributed by atoms with E-state index >= 15 is 0 Å². The molecule has 0 aliphatic heterocycles. The van der Waals surface area contributed by atoms with Gasteiger partial charge in [-0.25, -0.2) is 0 Å². The van der Waals surface area contributed by atoms with Gasteiger partial charge in [0.25, 0.3) is 5.69 Å². The van der Waals surface area contributed by atoms with Crippen LogP contribution in [0, 0.1) is 24.0 Å². The molecule has 0 fully saturated rings. The van der Waals surface area contributed by atoms with Gasteiger partial charge in [-0.15, -0.1) is 0 Å². The molecule has 0 bridgehead atoms. The number of benzene rings is 1. The number of nitrogens with two attached hydrogens (primary N) is 1. The highest BCUT2D eigenvalue weighted by molar-refractivity contribution is 5.65. The molecule has 4 nitrogen and oxygen atoms in total. The summed E-state index contributed by atoms with van der Waals surface area (Å²) < 4.78 is 0. The molecule has 86 valence electrons. The summed E-state index contributed by atoms with van der Waals surface area (Å²) in [5.41, 5.74) is 8.02. The lowest BCUT2D eigenvalue weighted by molar-refractivity contribution is -0.385. The molecule has 1 rings (SSSR count). The molecule has 0 saturated heterocycles. The Bertz CT molecular complexity index is 425. The average Bonchev–Trinajstić information content (AvgIpc) is 2.20. The Labute approximate surface area is 94.9 Å². The summed E-state index contributed by atoms with van der Waals surface area (Å²) in [4.78, 5) is 10.6. The van der Waals surface area contributed by atoms with Crippen LogP contribution in [0.4, 0.5) is 5.69 Å². The van der Waals surface area contributed by atoms with E-state index in [9.17, 15) is 10.1 Å². The van der Waals surface area contributed by atoms with Gasteiger partial charge >= 0.3 is 0 Å². The standard InChI is InChI=1S/C12H16N2O2/c1-9-7-10(2)11(5-3-4-6-13)12(8-9)14(15)16/h3,5,7-8H,4,6,13H2,1-2H3. The van der Waals surface area contributed by atoms with E-state index in [4.69, 9.17) is 5.73 Å². The second kappa shape index (κ2) is 5.42. The van der Waals surface area contributed by atoms with Gasteiger partial charge in [0.1, 0.15) is 0 Å². The zero-order valence-corrected chi connectivity index (χ0v) is 9.56. The number of hydrogen-bond acceptors (Lipinski definition) is 3. The number of nitro groups is 1. The highest BCUT2D eigenvalue weighted by atomic mass is 16.6. The molecule has 0 heterocycles. The van der Waals surface area contributed by atoms with Gasteiger partial charge in [0.05, 0.1) is 10.5 Å². The number of aryl methyl sites for hydroxylation is 2. The Morgan fingerprint density at radius 2 is 2.12 bits per heavy atom. The lowest BCUT2D eigenvalue weighted by atomic mass is 10.0. The molecule has 4 heteroatoms. The summed E-state index contributed by atoms with van der Waals surface area (Å²) in [7, 11) is 0. The number of nitrogens with zero attached hydrogens (tertiary/aromatic N) is 1.